The average molecular weight is 416 g/mol. The van der Waals surface area contributed by atoms with Crippen LogP contribution in [0.4, 0.5) is 4.39 Å². The summed E-state index contributed by atoms with van der Waals surface area (Å²) in [7, 11) is -4.69. The van der Waals surface area contributed by atoms with Gasteiger partial charge in [-0.3, -0.25) is 0 Å². The number of nitrogens with zero attached hydrogens (tertiary/aromatic N) is 2. The summed E-state index contributed by atoms with van der Waals surface area (Å²) in [6.45, 7) is 9.54. The molecule has 29 heavy (non-hydrogen) atoms. The Hall–Kier alpha value is -2.23. The van der Waals surface area contributed by atoms with E-state index in [-0.39, 0.29) is 15.9 Å². The molecule has 0 amide bonds. The predicted molar refractivity (Wildman–Crippen MR) is 109 cm³/mol. The molecule has 6 nitrogen and oxygen atoms in total. The Labute approximate surface area is 169 Å². The lowest BCUT2D eigenvalue weighted by Crippen LogP contribution is -2.41. The van der Waals surface area contributed by atoms with E-state index in [0.717, 1.165) is 15.7 Å². The number of hydrogen-bond donors (Lipinski definition) is 0. The van der Waals surface area contributed by atoms with Gasteiger partial charge in [-0.2, -0.15) is 0 Å². The van der Waals surface area contributed by atoms with Crippen LogP contribution in [0.3, 0.4) is 0 Å². The van der Waals surface area contributed by atoms with Gasteiger partial charge in [0, 0.05) is 11.7 Å². The Morgan fingerprint density at radius 1 is 1.07 bits per heavy atom. The lowest BCUT2D eigenvalue weighted by atomic mass is 9.80. The lowest BCUT2D eigenvalue weighted by molar-refractivity contribution is 0.00578. The maximum Gasteiger partial charge on any atom is 0.496 e. The Balaban J connectivity index is 1.78. The zero-order valence-electron chi connectivity index (χ0n) is 16.9. The summed E-state index contributed by atoms with van der Waals surface area (Å²) in [5.74, 6) is -0.679. The number of benzene rings is 1. The number of pyridine rings is 1. The summed E-state index contributed by atoms with van der Waals surface area (Å²) in [5, 5.41) is 0.0906. The van der Waals surface area contributed by atoms with Crippen LogP contribution >= 0.6 is 0 Å². The molecule has 0 aliphatic carbocycles. The summed E-state index contributed by atoms with van der Waals surface area (Å²) < 4.78 is 53.5. The van der Waals surface area contributed by atoms with E-state index < -0.39 is 34.2 Å². The minimum absolute atomic E-state index is 0.0170. The first-order chi connectivity index (χ1) is 13.4. The van der Waals surface area contributed by atoms with E-state index in [1.165, 1.54) is 24.4 Å². The van der Waals surface area contributed by atoms with Gasteiger partial charge < -0.3 is 9.31 Å². The van der Waals surface area contributed by atoms with Crippen LogP contribution in [0, 0.1) is 12.7 Å². The van der Waals surface area contributed by atoms with Gasteiger partial charge in [-0.25, -0.2) is 21.8 Å². The SMILES string of the molecule is Cc1ccc(S(=O)(=O)n2cc(F)c3cc(B4OC(C)(C)C(C)(C)O4)cnc32)cc1. The molecule has 1 saturated heterocycles. The Morgan fingerprint density at radius 3 is 2.24 bits per heavy atom. The molecule has 0 radical (unpaired) electrons. The molecule has 1 aromatic carbocycles. The van der Waals surface area contributed by atoms with Crippen molar-refractivity contribution in [3.05, 3.63) is 54.1 Å². The number of hydrogen-bond acceptors (Lipinski definition) is 5. The normalized spacial score (nSPS) is 18.5. The maximum absolute atomic E-state index is 14.7. The van der Waals surface area contributed by atoms with Crippen LogP contribution in [0.5, 0.6) is 0 Å². The van der Waals surface area contributed by atoms with Crippen molar-refractivity contribution in [3.8, 4) is 0 Å². The number of rotatable bonds is 3. The summed E-state index contributed by atoms with van der Waals surface area (Å²) in [5.41, 5.74) is 0.374. The molecular formula is C20H22BFN2O4S. The van der Waals surface area contributed by atoms with Gasteiger partial charge in [0.05, 0.1) is 27.7 Å². The first kappa shape index (κ1) is 20.1. The van der Waals surface area contributed by atoms with E-state index >= 15 is 0 Å². The van der Waals surface area contributed by atoms with Crippen molar-refractivity contribution in [2.75, 3.05) is 0 Å². The fourth-order valence-corrected chi connectivity index (χ4v) is 4.49. The van der Waals surface area contributed by atoms with Crippen molar-refractivity contribution in [1.29, 1.82) is 0 Å². The minimum atomic E-state index is -3.98. The molecule has 1 aliphatic heterocycles. The van der Waals surface area contributed by atoms with Gasteiger partial charge >= 0.3 is 7.12 Å². The van der Waals surface area contributed by atoms with Crippen LogP contribution in [-0.4, -0.2) is 35.7 Å². The first-order valence-corrected chi connectivity index (χ1v) is 10.7. The maximum atomic E-state index is 14.7. The van der Waals surface area contributed by atoms with Crippen molar-refractivity contribution in [2.45, 2.75) is 50.7 Å². The van der Waals surface area contributed by atoms with Crippen molar-refractivity contribution >= 4 is 33.6 Å². The van der Waals surface area contributed by atoms with Crippen LogP contribution in [0.2, 0.25) is 0 Å². The van der Waals surface area contributed by atoms with Gasteiger partial charge in [-0.05, 0) is 52.8 Å². The quantitative estimate of drug-likeness (QED) is 0.614. The molecule has 0 saturated carbocycles. The number of fused-ring (bicyclic) bond motifs is 1. The van der Waals surface area contributed by atoms with Crippen LogP contribution < -0.4 is 5.46 Å². The zero-order chi connectivity index (χ0) is 21.2. The molecule has 3 aromatic rings. The average Bonchev–Trinajstić information content (AvgIpc) is 3.08. The molecule has 152 valence electrons. The van der Waals surface area contributed by atoms with Gasteiger partial charge in [0.15, 0.2) is 11.5 Å². The number of aromatic nitrogens is 2. The third-order valence-corrected chi connectivity index (χ3v) is 7.35. The largest absolute Gasteiger partial charge is 0.496 e. The molecule has 2 aromatic heterocycles. The Bertz CT molecular complexity index is 1190. The summed E-state index contributed by atoms with van der Waals surface area (Å²) in [4.78, 5) is 4.30. The van der Waals surface area contributed by atoms with E-state index in [1.807, 2.05) is 34.6 Å². The fraction of sp³-hybridized carbons (Fsp3) is 0.350. The highest BCUT2D eigenvalue weighted by atomic mass is 32.2. The number of aryl methyl sites for hydroxylation is 1. The summed E-state index contributed by atoms with van der Waals surface area (Å²) in [6.07, 6.45) is 2.41. The van der Waals surface area contributed by atoms with E-state index in [2.05, 4.69) is 4.98 Å². The minimum Gasteiger partial charge on any atom is -0.399 e. The molecule has 0 N–H and O–H groups in total. The van der Waals surface area contributed by atoms with Crippen molar-refractivity contribution in [2.24, 2.45) is 0 Å². The predicted octanol–water partition coefficient (Wildman–Crippen LogP) is 3.02. The van der Waals surface area contributed by atoms with Gasteiger partial charge in [0.2, 0.25) is 0 Å². The van der Waals surface area contributed by atoms with E-state index in [9.17, 15) is 12.8 Å². The second kappa shape index (κ2) is 6.39. The summed E-state index contributed by atoms with van der Waals surface area (Å²) in [6, 6.07) is 7.90. The van der Waals surface area contributed by atoms with Gasteiger partial charge in [-0.1, -0.05) is 17.7 Å². The first-order valence-electron chi connectivity index (χ1n) is 9.27. The molecule has 4 rings (SSSR count). The van der Waals surface area contributed by atoms with Crippen LogP contribution in [0.15, 0.2) is 47.6 Å². The van der Waals surface area contributed by atoms with E-state index in [0.29, 0.717) is 5.46 Å². The number of halogens is 1. The smallest absolute Gasteiger partial charge is 0.399 e. The molecule has 0 atom stereocenters. The molecule has 3 heterocycles. The third-order valence-electron chi connectivity index (χ3n) is 5.69. The second-order valence-electron chi connectivity index (χ2n) is 8.32. The van der Waals surface area contributed by atoms with E-state index in [1.54, 1.807) is 12.1 Å². The topological polar surface area (TPSA) is 70.4 Å². The second-order valence-corrected chi connectivity index (χ2v) is 10.1. The molecule has 0 unspecified atom stereocenters. The molecule has 0 spiro atoms. The fourth-order valence-electron chi connectivity index (χ4n) is 3.17. The van der Waals surface area contributed by atoms with Crippen molar-refractivity contribution in [1.82, 2.24) is 8.96 Å². The summed E-state index contributed by atoms with van der Waals surface area (Å²) >= 11 is 0. The highest BCUT2D eigenvalue weighted by Gasteiger charge is 2.52. The van der Waals surface area contributed by atoms with Crippen LogP contribution in [0.25, 0.3) is 11.0 Å². The van der Waals surface area contributed by atoms with Crippen LogP contribution in [0.1, 0.15) is 33.3 Å². The molecule has 9 heteroatoms. The van der Waals surface area contributed by atoms with E-state index in [4.69, 9.17) is 9.31 Å². The van der Waals surface area contributed by atoms with Crippen LogP contribution in [-0.2, 0) is 19.3 Å². The van der Waals surface area contributed by atoms with Gasteiger partial charge in [0.1, 0.15) is 0 Å². The highest BCUT2D eigenvalue weighted by molar-refractivity contribution is 7.90. The monoisotopic (exact) mass is 416 g/mol. The molecular weight excluding hydrogens is 394 g/mol. The van der Waals surface area contributed by atoms with Gasteiger partial charge in [-0.15, -0.1) is 0 Å². The lowest BCUT2D eigenvalue weighted by Gasteiger charge is -2.32. The zero-order valence-corrected chi connectivity index (χ0v) is 17.7. The Kier molecular flexibility index (Phi) is 4.42. The molecule has 0 bridgehead atoms. The Morgan fingerprint density at radius 2 is 1.66 bits per heavy atom. The molecule has 1 fully saturated rings. The molecule has 1 aliphatic rings. The van der Waals surface area contributed by atoms with Crippen molar-refractivity contribution < 1.29 is 22.1 Å². The van der Waals surface area contributed by atoms with Gasteiger partial charge in [0.25, 0.3) is 10.0 Å². The standard InChI is InChI=1S/C20H22BFN2O4S/c1-13-6-8-15(9-7-13)29(25,26)24-12-17(22)16-10-14(11-23-18(16)24)21-27-19(2,3)20(4,5)28-21/h6-12H,1-5H3. The highest BCUT2D eigenvalue weighted by Crippen LogP contribution is 2.36. The third kappa shape index (κ3) is 3.17. The van der Waals surface area contributed by atoms with Crippen molar-refractivity contribution in [3.63, 3.8) is 0 Å².